The minimum Gasteiger partial charge on any atom is -0.311 e. The molecule has 1 heterocycles. The van der Waals surface area contributed by atoms with Crippen molar-refractivity contribution in [2.75, 3.05) is 19.6 Å². The van der Waals surface area contributed by atoms with E-state index in [1.54, 1.807) is 0 Å². The predicted octanol–water partition coefficient (Wildman–Crippen LogP) is 3.82. The van der Waals surface area contributed by atoms with E-state index in [1.807, 2.05) is 12.3 Å². The molecule has 3 nitrogen and oxygen atoms in total. The van der Waals surface area contributed by atoms with Crippen LogP contribution in [-0.4, -0.2) is 35.6 Å². The summed E-state index contributed by atoms with van der Waals surface area (Å²) in [6.45, 7) is 10.7. The molecule has 1 atom stereocenters. The maximum atomic E-state index is 4.53. The number of hydrogen-bond acceptors (Lipinski definition) is 3. The lowest BCUT2D eigenvalue weighted by Crippen LogP contribution is -2.40. The van der Waals surface area contributed by atoms with Gasteiger partial charge in [-0.15, -0.1) is 0 Å². The molecular formula is C17H24BrN3. The summed E-state index contributed by atoms with van der Waals surface area (Å²) >= 11 is 3.59. The number of benzene rings is 1. The second kappa shape index (κ2) is 7.87. The Labute approximate surface area is 135 Å². The van der Waals surface area contributed by atoms with Crippen LogP contribution in [0.25, 0.3) is 10.9 Å². The summed E-state index contributed by atoms with van der Waals surface area (Å²) in [4.78, 5) is 6.99. The highest BCUT2D eigenvalue weighted by atomic mass is 79.9. The van der Waals surface area contributed by atoms with Crippen molar-refractivity contribution in [2.45, 2.75) is 33.4 Å². The molecule has 0 saturated carbocycles. The van der Waals surface area contributed by atoms with Crippen molar-refractivity contribution in [3.05, 3.63) is 40.5 Å². The third kappa shape index (κ3) is 4.02. The van der Waals surface area contributed by atoms with Gasteiger partial charge in [0.25, 0.3) is 0 Å². The molecule has 0 saturated heterocycles. The molecule has 0 aliphatic heterocycles. The van der Waals surface area contributed by atoms with Crippen LogP contribution in [0.2, 0.25) is 0 Å². The Morgan fingerprint density at radius 1 is 1.24 bits per heavy atom. The maximum Gasteiger partial charge on any atom is 0.0758 e. The molecule has 0 fully saturated rings. The van der Waals surface area contributed by atoms with Crippen molar-refractivity contribution in [3.63, 3.8) is 0 Å². The average molecular weight is 350 g/mol. The van der Waals surface area contributed by atoms with Gasteiger partial charge in [0.15, 0.2) is 0 Å². The summed E-state index contributed by atoms with van der Waals surface area (Å²) in [5, 5.41) is 4.74. The lowest BCUT2D eigenvalue weighted by Gasteiger charge is -2.26. The van der Waals surface area contributed by atoms with Gasteiger partial charge < -0.3 is 5.32 Å². The van der Waals surface area contributed by atoms with Gasteiger partial charge >= 0.3 is 0 Å². The van der Waals surface area contributed by atoms with Crippen molar-refractivity contribution < 1.29 is 0 Å². The number of likely N-dealkylation sites (N-methyl/N-ethyl adjacent to an activating group) is 1. The smallest absolute Gasteiger partial charge is 0.0758 e. The van der Waals surface area contributed by atoms with E-state index in [0.29, 0.717) is 6.04 Å². The van der Waals surface area contributed by atoms with Gasteiger partial charge in [-0.1, -0.05) is 41.9 Å². The first kappa shape index (κ1) is 16.4. The second-order valence-electron chi connectivity index (χ2n) is 5.31. The van der Waals surface area contributed by atoms with Gasteiger partial charge in [0, 0.05) is 35.2 Å². The Morgan fingerprint density at radius 2 is 2.00 bits per heavy atom. The van der Waals surface area contributed by atoms with Crippen LogP contribution in [0.4, 0.5) is 0 Å². The van der Waals surface area contributed by atoms with Gasteiger partial charge in [-0.05, 0) is 37.7 Å². The molecule has 2 rings (SSSR count). The van der Waals surface area contributed by atoms with Gasteiger partial charge in [-0.25, -0.2) is 0 Å². The fourth-order valence-electron chi connectivity index (χ4n) is 2.73. The molecule has 1 aromatic carbocycles. The number of aromatic nitrogens is 1. The molecule has 2 aromatic rings. The molecule has 1 N–H and O–H groups in total. The van der Waals surface area contributed by atoms with E-state index in [9.17, 15) is 0 Å². The van der Waals surface area contributed by atoms with Gasteiger partial charge in [-0.3, -0.25) is 9.88 Å². The Hall–Kier alpha value is -0.970. The van der Waals surface area contributed by atoms with Crippen molar-refractivity contribution in [2.24, 2.45) is 0 Å². The number of rotatable bonds is 7. The fourth-order valence-corrected chi connectivity index (χ4v) is 3.18. The van der Waals surface area contributed by atoms with E-state index in [-0.39, 0.29) is 0 Å². The van der Waals surface area contributed by atoms with Crippen molar-refractivity contribution in [1.82, 2.24) is 15.2 Å². The summed E-state index contributed by atoms with van der Waals surface area (Å²) in [6.07, 6.45) is 1.86. The second-order valence-corrected chi connectivity index (χ2v) is 6.16. The van der Waals surface area contributed by atoms with Crippen LogP contribution in [0.1, 0.15) is 26.3 Å². The number of hydrogen-bond donors (Lipinski definition) is 1. The number of fused-ring (bicyclic) bond motifs is 1. The SMILES string of the molecule is CCN(CC)[C@H](C)CNCc1ccc(Br)c2cccnc12. The normalized spacial score (nSPS) is 13.0. The van der Waals surface area contributed by atoms with E-state index in [4.69, 9.17) is 0 Å². The predicted molar refractivity (Wildman–Crippen MR) is 93.5 cm³/mol. The fraction of sp³-hybridized carbons (Fsp3) is 0.471. The van der Waals surface area contributed by atoms with Gasteiger partial charge in [0.1, 0.15) is 0 Å². The zero-order chi connectivity index (χ0) is 15.2. The molecule has 0 unspecified atom stereocenters. The zero-order valence-corrected chi connectivity index (χ0v) is 14.7. The number of halogens is 1. The molecular weight excluding hydrogens is 326 g/mol. The molecule has 0 bridgehead atoms. The largest absolute Gasteiger partial charge is 0.311 e. The quantitative estimate of drug-likeness (QED) is 0.823. The summed E-state index contributed by atoms with van der Waals surface area (Å²) in [6, 6.07) is 8.89. The summed E-state index contributed by atoms with van der Waals surface area (Å²) < 4.78 is 1.10. The first-order chi connectivity index (χ1) is 10.2. The zero-order valence-electron chi connectivity index (χ0n) is 13.1. The molecule has 114 valence electrons. The minimum absolute atomic E-state index is 0.551. The van der Waals surface area contributed by atoms with Gasteiger partial charge in [-0.2, -0.15) is 0 Å². The molecule has 0 amide bonds. The van der Waals surface area contributed by atoms with Crippen LogP contribution < -0.4 is 5.32 Å². The number of nitrogens with zero attached hydrogens (tertiary/aromatic N) is 2. The van der Waals surface area contributed by atoms with Crippen LogP contribution in [0, 0.1) is 0 Å². The average Bonchev–Trinajstić information content (AvgIpc) is 2.51. The third-order valence-electron chi connectivity index (χ3n) is 3.99. The van der Waals surface area contributed by atoms with Gasteiger partial charge in [0.2, 0.25) is 0 Å². The van der Waals surface area contributed by atoms with Crippen molar-refractivity contribution in [1.29, 1.82) is 0 Å². The Balaban J connectivity index is 2.03. The molecule has 4 heteroatoms. The van der Waals surface area contributed by atoms with Crippen LogP contribution in [0.15, 0.2) is 34.9 Å². The molecule has 1 aromatic heterocycles. The summed E-state index contributed by atoms with van der Waals surface area (Å²) in [5.74, 6) is 0. The number of pyridine rings is 1. The standard InChI is InChI=1S/C17H24BrN3/c1-4-21(5-2)13(3)11-19-12-14-8-9-16(18)15-7-6-10-20-17(14)15/h6-10,13,19H,4-5,11-12H2,1-3H3/t13-/m1/s1. The highest BCUT2D eigenvalue weighted by Gasteiger charge is 2.10. The van der Waals surface area contributed by atoms with Crippen LogP contribution >= 0.6 is 15.9 Å². The lowest BCUT2D eigenvalue weighted by molar-refractivity contribution is 0.225. The van der Waals surface area contributed by atoms with Crippen LogP contribution in [-0.2, 0) is 6.54 Å². The van der Waals surface area contributed by atoms with Gasteiger partial charge in [0.05, 0.1) is 5.52 Å². The molecule has 0 spiro atoms. The van der Waals surface area contributed by atoms with E-state index in [1.165, 1.54) is 10.9 Å². The first-order valence-corrected chi connectivity index (χ1v) is 8.43. The third-order valence-corrected chi connectivity index (χ3v) is 4.68. The highest BCUT2D eigenvalue weighted by Crippen LogP contribution is 2.25. The van der Waals surface area contributed by atoms with Crippen molar-refractivity contribution in [3.8, 4) is 0 Å². The minimum atomic E-state index is 0.551. The Morgan fingerprint density at radius 3 is 2.71 bits per heavy atom. The molecule has 21 heavy (non-hydrogen) atoms. The topological polar surface area (TPSA) is 28.2 Å². The van der Waals surface area contributed by atoms with Crippen molar-refractivity contribution >= 4 is 26.8 Å². The Bertz CT molecular complexity index is 581. The lowest BCUT2D eigenvalue weighted by atomic mass is 10.1. The first-order valence-electron chi connectivity index (χ1n) is 7.64. The van der Waals surface area contributed by atoms with E-state index in [2.05, 4.69) is 70.1 Å². The highest BCUT2D eigenvalue weighted by molar-refractivity contribution is 9.10. The molecule has 0 aliphatic carbocycles. The maximum absolute atomic E-state index is 4.53. The number of nitrogens with one attached hydrogen (secondary N) is 1. The van der Waals surface area contributed by atoms with Crippen LogP contribution in [0.3, 0.4) is 0 Å². The summed E-state index contributed by atoms with van der Waals surface area (Å²) in [5.41, 5.74) is 2.33. The van der Waals surface area contributed by atoms with E-state index in [0.717, 1.165) is 36.2 Å². The summed E-state index contributed by atoms with van der Waals surface area (Å²) in [7, 11) is 0. The van der Waals surface area contributed by atoms with E-state index < -0.39 is 0 Å². The monoisotopic (exact) mass is 349 g/mol. The van der Waals surface area contributed by atoms with E-state index >= 15 is 0 Å². The molecule has 0 radical (unpaired) electrons. The Kier molecular flexibility index (Phi) is 6.15. The van der Waals surface area contributed by atoms with Crippen LogP contribution in [0.5, 0.6) is 0 Å². The molecule has 0 aliphatic rings.